The molecule has 0 radical (unpaired) electrons. The molecule has 3 N–H and O–H groups in total. The molecular formula is C14H15N3O3S. The minimum absolute atomic E-state index is 0.0703. The van der Waals surface area contributed by atoms with Crippen molar-refractivity contribution in [2.45, 2.75) is 12.3 Å². The summed E-state index contributed by atoms with van der Waals surface area (Å²) >= 11 is 1.51. The van der Waals surface area contributed by atoms with Gasteiger partial charge in [-0.15, -0.1) is 0 Å². The summed E-state index contributed by atoms with van der Waals surface area (Å²) in [6.07, 6.45) is 0.337. The summed E-state index contributed by atoms with van der Waals surface area (Å²) in [4.78, 5) is 17.2. The fourth-order valence-electron chi connectivity index (χ4n) is 2.42. The minimum atomic E-state index is -0.106. The topological polar surface area (TPSA) is 83.5 Å². The maximum absolute atomic E-state index is 11.9. The van der Waals surface area contributed by atoms with E-state index >= 15 is 0 Å². The van der Waals surface area contributed by atoms with Crippen molar-refractivity contribution >= 4 is 28.2 Å². The average molecular weight is 305 g/mol. The van der Waals surface area contributed by atoms with Crippen LogP contribution in [0.4, 0.5) is 10.9 Å². The number of phenols is 1. The van der Waals surface area contributed by atoms with E-state index in [1.807, 2.05) is 6.07 Å². The second-order valence-corrected chi connectivity index (χ2v) is 5.75. The molecule has 1 aromatic heterocycles. The predicted molar refractivity (Wildman–Crippen MR) is 81.4 cm³/mol. The molecule has 1 atom stereocenters. The Labute approximate surface area is 125 Å². The number of phenolic OH excluding ortho intramolecular Hbond substituents is 1. The summed E-state index contributed by atoms with van der Waals surface area (Å²) < 4.78 is 5.05. The van der Waals surface area contributed by atoms with Gasteiger partial charge in [0.15, 0.2) is 16.6 Å². The first-order valence-electron chi connectivity index (χ1n) is 6.47. The number of carbonyl (C=O) groups excluding carboxylic acids is 1. The van der Waals surface area contributed by atoms with Gasteiger partial charge in [0.05, 0.1) is 12.0 Å². The number of ether oxygens (including phenoxy) is 1. The van der Waals surface area contributed by atoms with E-state index in [2.05, 4.69) is 15.6 Å². The SMILES string of the molecule is CNc1nc2c(s1)[C@H](c1ccc(OC)c(O)c1)CC(=O)N2. The summed E-state index contributed by atoms with van der Waals surface area (Å²) in [7, 11) is 3.30. The highest BCUT2D eigenvalue weighted by Gasteiger charge is 2.30. The molecule has 0 fully saturated rings. The molecule has 1 aromatic carbocycles. The third-order valence-electron chi connectivity index (χ3n) is 3.44. The Hall–Kier alpha value is -2.28. The molecule has 2 aromatic rings. The Morgan fingerprint density at radius 2 is 2.33 bits per heavy atom. The molecule has 3 rings (SSSR count). The van der Waals surface area contributed by atoms with E-state index in [1.165, 1.54) is 18.4 Å². The highest BCUT2D eigenvalue weighted by molar-refractivity contribution is 7.16. The van der Waals surface area contributed by atoms with Crippen LogP contribution in [0.2, 0.25) is 0 Å². The standard InChI is InChI=1S/C14H15N3O3S/c1-15-14-17-13-12(21-14)8(6-11(19)16-13)7-3-4-10(20-2)9(18)5-7/h3-5,8,18H,6H2,1-2H3,(H,15,17)(H,16,19)/t8-/m0/s1. The van der Waals surface area contributed by atoms with Crippen LogP contribution in [0.3, 0.4) is 0 Å². The number of benzene rings is 1. The zero-order chi connectivity index (χ0) is 15.0. The minimum Gasteiger partial charge on any atom is -0.504 e. The molecule has 21 heavy (non-hydrogen) atoms. The van der Waals surface area contributed by atoms with Crippen LogP contribution in [0.5, 0.6) is 11.5 Å². The number of rotatable bonds is 3. The number of carbonyl (C=O) groups is 1. The molecule has 0 saturated heterocycles. The van der Waals surface area contributed by atoms with Crippen molar-refractivity contribution in [3.8, 4) is 11.5 Å². The summed E-state index contributed by atoms with van der Waals surface area (Å²) in [5, 5.41) is 16.5. The molecular weight excluding hydrogens is 290 g/mol. The molecule has 1 amide bonds. The number of fused-ring (bicyclic) bond motifs is 1. The zero-order valence-corrected chi connectivity index (χ0v) is 12.5. The number of anilines is 2. The maximum Gasteiger partial charge on any atom is 0.226 e. The van der Waals surface area contributed by atoms with Gasteiger partial charge in [0.25, 0.3) is 0 Å². The monoisotopic (exact) mass is 305 g/mol. The molecule has 2 heterocycles. The summed E-state index contributed by atoms with van der Waals surface area (Å²) in [6, 6.07) is 5.21. The second-order valence-electron chi connectivity index (χ2n) is 4.72. The number of hydrogen-bond donors (Lipinski definition) is 3. The first-order valence-corrected chi connectivity index (χ1v) is 7.29. The average Bonchev–Trinajstić information content (AvgIpc) is 2.89. The zero-order valence-electron chi connectivity index (χ0n) is 11.6. The smallest absolute Gasteiger partial charge is 0.226 e. The summed E-state index contributed by atoms with van der Waals surface area (Å²) in [5.74, 6) is 0.905. The summed E-state index contributed by atoms with van der Waals surface area (Å²) in [5.41, 5.74) is 0.871. The van der Waals surface area contributed by atoms with Crippen LogP contribution in [0, 0.1) is 0 Å². The number of methoxy groups -OCH3 is 1. The third-order valence-corrected chi connectivity index (χ3v) is 4.62. The molecule has 7 heteroatoms. The van der Waals surface area contributed by atoms with Crippen LogP contribution in [-0.4, -0.2) is 30.2 Å². The molecule has 0 spiro atoms. The largest absolute Gasteiger partial charge is 0.504 e. The van der Waals surface area contributed by atoms with Gasteiger partial charge in [-0.3, -0.25) is 4.79 Å². The molecule has 0 bridgehead atoms. The Morgan fingerprint density at radius 1 is 1.52 bits per heavy atom. The van der Waals surface area contributed by atoms with E-state index in [4.69, 9.17) is 4.74 Å². The lowest BCUT2D eigenvalue weighted by Gasteiger charge is -2.22. The number of aromatic hydroxyl groups is 1. The van der Waals surface area contributed by atoms with Gasteiger partial charge in [-0.05, 0) is 17.7 Å². The van der Waals surface area contributed by atoms with Gasteiger partial charge in [0.1, 0.15) is 5.82 Å². The number of thiazole rings is 1. The molecule has 1 aliphatic heterocycles. The first-order chi connectivity index (χ1) is 10.1. The lowest BCUT2D eigenvalue weighted by molar-refractivity contribution is -0.116. The highest BCUT2D eigenvalue weighted by atomic mass is 32.1. The number of aromatic nitrogens is 1. The lowest BCUT2D eigenvalue weighted by Crippen LogP contribution is -2.22. The number of nitrogens with zero attached hydrogens (tertiary/aromatic N) is 1. The molecule has 6 nitrogen and oxygen atoms in total. The molecule has 0 unspecified atom stereocenters. The maximum atomic E-state index is 11.9. The molecule has 1 aliphatic rings. The van der Waals surface area contributed by atoms with E-state index in [9.17, 15) is 9.90 Å². The molecule has 0 saturated carbocycles. The summed E-state index contributed by atoms with van der Waals surface area (Å²) in [6.45, 7) is 0. The Balaban J connectivity index is 2.04. The van der Waals surface area contributed by atoms with Crippen molar-refractivity contribution in [1.29, 1.82) is 0 Å². The van der Waals surface area contributed by atoms with Gasteiger partial charge in [0, 0.05) is 19.4 Å². The van der Waals surface area contributed by atoms with Crippen LogP contribution in [0.15, 0.2) is 18.2 Å². The van der Waals surface area contributed by atoms with Crippen LogP contribution < -0.4 is 15.4 Å². The van der Waals surface area contributed by atoms with Crippen LogP contribution in [-0.2, 0) is 4.79 Å². The second kappa shape index (κ2) is 5.25. The molecule has 110 valence electrons. The predicted octanol–water partition coefficient (Wildman–Crippen LogP) is 2.37. The van der Waals surface area contributed by atoms with Crippen molar-refractivity contribution < 1.29 is 14.6 Å². The Kier molecular flexibility index (Phi) is 3.42. The van der Waals surface area contributed by atoms with Gasteiger partial charge in [-0.2, -0.15) is 0 Å². The Bertz CT molecular complexity index is 699. The van der Waals surface area contributed by atoms with E-state index in [0.717, 1.165) is 15.6 Å². The number of amides is 1. The Morgan fingerprint density at radius 3 is 3.00 bits per heavy atom. The van der Waals surface area contributed by atoms with Crippen molar-refractivity contribution in [2.75, 3.05) is 24.8 Å². The van der Waals surface area contributed by atoms with E-state index < -0.39 is 0 Å². The van der Waals surface area contributed by atoms with Crippen molar-refractivity contribution in [2.24, 2.45) is 0 Å². The van der Waals surface area contributed by atoms with Gasteiger partial charge in [0.2, 0.25) is 5.91 Å². The quantitative estimate of drug-likeness (QED) is 0.811. The highest BCUT2D eigenvalue weighted by Crippen LogP contribution is 2.43. The van der Waals surface area contributed by atoms with Gasteiger partial charge < -0.3 is 20.5 Å². The number of hydrogen-bond acceptors (Lipinski definition) is 6. The van der Waals surface area contributed by atoms with Crippen molar-refractivity contribution in [3.63, 3.8) is 0 Å². The normalized spacial score (nSPS) is 17.0. The number of nitrogens with one attached hydrogen (secondary N) is 2. The van der Waals surface area contributed by atoms with Crippen molar-refractivity contribution in [1.82, 2.24) is 4.98 Å². The van der Waals surface area contributed by atoms with Gasteiger partial charge >= 0.3 is 0 Å². The van der Waals surface area contributed by atoms with E-state index in [0.29, 0.717) is 18.0 Å². The first kappa shape index (κ1) is 13.7. The fourth-order valence-corrected chi connectivity index (χ4v) is 3.42. The van der Waals surface area contributed by atoms with Gasteiger partial charge in [-0.1, -0.05) is 17.4 Å². The van der Waals surface area contributed by atoms with E-state index in [1.54, 1.807) is 19.2 Å². The van der Waals surface area contributed by atoms with Crippen LogP contribution >= 0.6 is 11.3 Å². The third kappa shape index (κ3) is 2.40. The lowest BCUT2D eigenvalue weighted by atomic mass is 9.91. The molecule has 0 aliphatic carbocycles. The van der Waals surface area contributed by atoms with E-state index in [-0.39, 0.29) is 17.6 Å². The van der Waals surface area contributed by atoms with Crippen LogP contribution in [0.1, 0.15) is 22.8 Å². The fraction of sp³-hybridized carbons (Fsp3) is 0.286. The van der Waals surface area contributed by atoms with Gasteiger partial charge in [-0.25, -0.2) is 4.98 Å². The van der Waals surface area contributed by atoms with Crippen LogP contribution in [0.25, 0.3) is 0 Å². The van der Waals surface area contributed by atoms with Crippen molar-refractivity contribution in [3.05, 3.63) is 28.6 Å².